The first-order chi connectivity index (χ1) is 9.38. The van der Waals surface area contributed by atoms with Crippen molar-refractivity contribution in [2.24, 2.45) is 5.92 Å². The largest absolute Gasteiger partial charge is 0.383 e. The van der Waals surface area contributed by atoms with Gasteiger partial charge in [0.2, 0.25) is 10.0 Å². The van der Waals surface area contributed by atoms with E-state index in [4.69, 9.17) is 9.47 Å². The number of ether oxygens (including phenoxy) is 2. The number of morpholine rings is 1. The van der Waals surface area contributed by atoms with Crippen molar-refractivity contribution in [2.75, 3.05) is 46.6 Å². The Morgan fingerprint density at radius 1 is 1.25 bits per heavy atom. The van der Waals surface area contributed by atoms with Gasteiger partial charge in [0.25, 0.3) is 0 Å². The lowest BCUT2D eigenvalue weighted by molar-refractivity contribution is 0.00774. The summed E-state index contributed by atoms with van der Waals surface area (Å²) in [5.74, 6) is 0.383. The van der Waals surface area contributed by atoms with Gasteiger partial charge < -0.3 is 9.47 Å². The third kappa shape index (κ3) is 5.29. The van der Waals surface area contributed by atoms with E-state index in [1.165, 1.54) is 7.11 Å². The lowest BCUT2D eigenvalue weighted by Gasteiger charge is -2.37. The van der Waals surface area contributed by atoms with E-state index in [1.807, 2.05) is 0 Å². The Morgan fingerprint density at radius 2 is 1.85 bits per heavy atom. The van der Waals surface area contributed by atoms with Crippen molar-refractivity contribution < 1.29 is 17.9 Å². The number of rotatable bonds is 8. The summed E-state index contributed by atoms with van der Waals surface area (Å²) in [6, 6.07) is 0.198. The van der Waals surface area contributed by atoms with E-state index in [1.54, 1.807) is 6.92 Å². The third-order valence-electron chi connectivity index (χ3n) is 3.71. The van der Waals surface area contributed by atoms with Gasteiger partial charge >= 0.3 is 0 Å². The van der Waals surface area contributed by atoms with Crippen molar-refractivity contribution in [1.82, 2.24) is 9.62 Å². The van der Waals surface area contributed by atoms with E-state index in [9.17, 15) is 8.42 Å². The van der Waals surface area contributed by atoms with Crippen LogP contribution in [0.4, 0.5) is 0 Å². The molecule has 0 aromatic heterocycles. The van der Waals surface area contributed by atoms with Crippen LogP contribution in [0.25, 0.3) is 0 Å². The monoisotopic (exact) mass is 308 g/mol. The van der Waals surface area contributed by atoms with Gasteiger partial charge in [0.1, 0.15) is 0 Å². The lowest BCUT2D eigenvalue weighted by atomic mass is 10.0. The molecule has 0 aromatic rings. The van der Waals surface area contributed by atoms with Crippen LogP contribution in [-0.2, 0) is 19.5 Å². The summed E-state index contributed by atoms with van der Waals surface area (Å²) in [5.41, 5.74) is 0. The number of nitrogens with one attached hydrogen (secondary N) is 1. The quantitative estimate of drug-likeness (QED) is 0.698. The van der Waals surface area contributed by atoms with E-state index in [0.717, 1.165) is 26.3 Å². The molecule has 0 radical (unpaired) electrons. The summed E-state index contributed by atoms with van der Waals surface area (Å²) in [5, 5.41) is -0.537. The van der Waals surface area contributed by atoms with Crippen molar-refractivity contribution in [2.45, 2.75) is 32.1 Å². The molecule has 0 spiro atoms. The first-order valence-electron chi connectivity index (χ1n) is 7.17. The molecule has 6 nitrogen and oxygen atoms in total. The van der Waals surface area contributed by atoms with Crippen LogP contribution in [0.1, 0.15) is 20.8 Å². The Morgan fingerprint density at radius 3 is 2.35 bits per heavy atom. The summed E-state index contributed by atoms with van der Waals surface area (Å²) >= 11 is 0. The van der Waals surface area contributed by atoms with Crippen LogP contribution in [0.2, 0.25) is 0 Å². The third-order valence-corrected chi connectivity index (χ3v) is 5.47. The van der Waals surface area contributed by atoms with Crippen LogP contribution in [-0.4, -0.2) is 71.2 Å². The molecule has 0 bridgehead atoms. The molecule has 1 heterocycles. The van der Waals surface area contributed by atoms with Crippen molar-refractivity contribution in [3.63, 3.8) is 0 Å². The molecule has 1 aliphatic heterocycles. The Kier molecular flexibility index (Phi) is 7.39. The summed E-state index contributed by atoms with van der Waals surface area (Å²) in [6.45, 7) is 9.70. The second-order valence-electron chi connectivity index (χ2n) is 5.62. The molecule has 2 atom stereocenters. The van der Waals surface area contributed by atoms with Gasteiger partial charge in [0.15, 0.2) is 0 Å². The summed E-state index contributed by atoms with van der Waals surface area (Å²) < 4.78 is 37.2. The molecule has 7 heteroatoms. The minimum atomic E-state index is -3.32. The van der Waals surface area contributed by atoms with Crippen molar-refractivity contribution >= 4 is 10.0 Å². The van der Waals surface area contributed by atoms with E-state index in [-0.39, 0.29) is 12.6 Å². The predicted molar refractivity (Wildman–Crippen MR) is 79.3 cm³/mol. The van der Waals surface area contributed by atoms with Gasteiger partial charge in [-0.05, 0) is 12.8 Å². The average molecular weight is 308 g/mol. The molecule has 0 unspecified atom stereocenters. The van der Waals surface area contributed by atoms with E-state index in [0.29, 0.717) is 12.5 Å². The molecule has 1 saturated heterocycles. The minimum Gasteiger partial charge on any atom is -0.383 e. The zero-order valence-corrected chi connectivity index (χ0v) is 13.8. The Bertz CT molecular complexity index is 367. The molecule has 20 heavy (non-hydrogen) atoms. The Hall–Kier alpha value is -0.210. The molecular weight excluding hydrogens is 280 g/mol. The Labute approximate surface area is 122 Å². The number of hydrogen-bond acceptors (Lipinski definition) is 5. The zero-order chi connectivity index (χ0) is 15.2. The highest BCUT2D eigenvalue weighted by molar-refractivity contribution is 7.90. The normalized spacial score (nSPS) is 21.1. The fourth-order valence-electron chi connectivity index (χ4n) is 2.36. The minimum absolute atomic E-state index is 0.198. The second-order valence-corrected chi connectivity index (χ2v) is 7.80. The van der Waals surface area contributed by atoms with Gasteiger partial charge in [-0.2, -0.15) is 0 Å². The number of nitrogens with zero attached hydrogens (tertiary/aromatic N) is 1. The summed E-state index contributed by atoms with van der Waals surface area (Å²) in [7, 11) is -1.81. The summed E-state index contributed by atoms with van der Waals surface area (Å²) in [6.07, 6.45) is 0. The average Bonchev–Trinajstić information content (AvgIpc) is 2.40. The van der Waals surface area contributed by atoms with Crippen LogP contribution < -0.4 is 4.72 Å². The molecule has 0 saturated carbocycles. The maximum absolute atomic E-state index is 12.1. The summed E-state index contributed by atoms with van der Waals surface area (Å²) in [4.78, 5) is 2.30. The molecule has 0 aliphatic carbocycles. The van der Waals surface area contributed by atoms with Gasteiger partial charge in [-0.1, -0.05) is 13.8 Å². The van der Waals surface area contributed by atoms with Crippen molar-refractivity contribution in [3.05, 3.63) is 0 Å². The molecule has 1 aliphatic rings. The molecule has 1 N–H and O–H groups in total. The molecule has 0 amide bonds. The molecule has 1 rings (SSSR count). The van der Waals surface area contributed by atoms with Crippen molar-refractivity contribution in [1.29, 1.82) is 0 Å². The number of sulfonamides is 1. The molecule has 120 valence electrons. The van der Waals surface area contributed by atoms with Gasteiger partial charge in [0, 0.05) is 32.8 Å². The smallest absolute Gasteiger partial charge is 0.216 e. The fourth-order valence-corrected chi connectivity index (χ4v) is 3.37. The van der Waals surface area contributed by atoms with Gasteiger partial charge in [-0.15, -0.1) is 0 Å². The zero-order valence-electron chi connectivity index (χ0n) is 13.0. The van der Waals surface area contributed by atoms with Gasteiger partial charge in [0.05, 0.1) is 25.1 Å². The van der Waals surface area contributed by atoms with E-state index in [2.05, 4.69) is 23.5 Å². The van der Waals surface area contributed by atoms with Crippen LogP contribution in [0.15, 0.2) is 0 Å². The lowest BCUT2D eigenvalue weighted by Crippen LogP contribution is -2.52. The molecular formula is C13H28N2O4S. The second kappa shape index (κ2) is 8.29. The number of hydrogen-bond donors (Lipinski definition) is 1. The SMILES string of the molecule is COC[C@H](C)S(=O)(=O)NC[C@@H](C(C)C)N1CCOCC1. The van der Waals surface area contributed by atoms with Gasteiger partial charge in [-0.25, -0.2) is 13.1 Å². The fraction of sp³-hybridized carbons (Fsp3) is 1.00. The van der Waals surface area contributed by atoms with Crippen LogP contribution in [0, 0.1) is 5.92 Å². The maximum atomic E-state index is 12.1. The first-order valence-corrected chi connectivity index (χ1v) is 8.72. The van der Waals surface area contributed by atoms with Crippen molar-refractivity contribution in [3.8, 4) is 0 Å². The topological polar surface area (TPSA) is 67.9 Å². The van der Waals surface area contributed by atoms with Crippen LogP contribution >= 0.6 is 0 Å². The first kappa shape index (κ1) is 17.8. The van der Waals surface area contributed by atoms with E-state index < -0.39 is 15.3 Å². The highest BCUT2D eigenvalue weighted by Gasteiger charge is 2.27. The van der Waals surface area contributed by atoms with Gasteiger partial charge in [-0.3, -0.25) is 4.90 Å². The Balaban J connectivity index is 2.58. The maximum Gasteiger partial charge on any atom is 0.216 e. The van der Waals surface area contributed by atoms with Crippen LogP contribution in [0.5, 0.6) is 0 Å². The predicted octanol–water partition coefficient (Wildman–Crippen LogP) is 0.298. The highest BCUT2D eigenvalue weighted by Crippen LogP contribution is 2.13. The van der Waals surface area contributed by atoms with Crippen LogP contribution in [0.3, 0.4) is 0 Å². The molecule has 1 fully saturated rings. The highest BCUT2D eigenvalue weighted by atomic mass is 32.2. The molecule has 0 aromatic carbocycles. The number of methoxy groups -OCH3 is 1. The van der Waals surface area contributed by atoms with E-state index >= 15 is 0 Å². The standard InChI is InChI=1S/C13H28N2O4S/c1-11(2)13(15-5-7-19-8-6-15)9-14-20(16,17)12(3)10-18-4/h11-14H,5-10H2,1-4H3/t12-,13-/m0/s1.